The molecule has 0 heterocycles. The molecule has 2 unspecified atom stereocenters. The van der Waals surface area contributed by atoms with E-state index in [-0.39, 0.29) is 28.0 Å². The average Bonchev–Trinajstić information content (AvgIpc) is 2.47. The molecule has 5 heteroatoms. The summed E-state index contributed by atoms with van der Waals surface area (Å²) in [5, 5.41) is 0.386. The number of benzene rings is 1. The van der Waals surface area contributed by atoms with Gasteiger partial charge in [-0.15, -0.1) is 0 Å². The van der Waals surface area contributed by atoms with E-state index in [1.165, 1.54) is 25.3 Å². The fourth-order valence-electron chi connectivity index (χ4n) is 5.80. The first-order valence-electron chi connectivity index (χ1n) is 8.68. The van der Waals surface area contributed by atoms with Crippen LogP contribution in [0.2, 0.25) is 5.02 Å². The topological polar surface area (TPSA) is 20.3 Å². The lowest BCUT2D eigenvalue weighted by Gasteiger charge is -2.60. The Kier molecular flexibility index (Phi) is 4.00. The zero-order valence-electron chi connectivity index (χ0n) is 13.8. The van der Waals surface area contributed by atoms with Gasteiger partial charge in [0.1, 0.15) is 5.82 Å². The van der Waals surface area contributed by atoms with Crippen LogP contribution in [-0.2, 0) is 11.3 Å². The Bertz CT molecular complexity index is 660. The fourth-order valence-corrected chi connectivity index (χ4v) is 7.47. The molecule has 1 aromatic carbocycles. The van der Waals surface area contributed by atoms with Crippen LogP contribution in [0, 0.1) is 23.1 Å². The molecule has 1 amide bonds. The average molecular weight is 415 g/mol. The normalized spacial score (nSPS) is 36.8. The Labute approximate surface area is 155 Å². The van der Waals surface area contributed by atoms with Gasteiger partial charge in [0.2, 0.25) is 5.91 Å². The lowest BCUT2D eigenvalue weighted by Crippen LogP contribution is -2.58. The van der Waals surface area contributed by atoms with E-state index in [0.717, 1.165) is 19.3 Å². The molecule has 4 aliphatic carbocycles. The Morgan fingerprint density at radius 2 is 2.00 bits per heavy atom. The van der Waals surface area contributed by atoms with Gasteiger partial charge in [0.15, 0.2) is 0 Å². The van der Waals surface area contributed by atoms with E-state index in [2.05, 4.69) is 15.9 Å². The molecule has 1 aromatic rings. The molecule has 0 aliphatic heterocycles. The van der Waals surface area contributed by atoms with Crippen LogP contribution in [0.25, 0.3) is 0 Å². The first kappa shape index (κ1) is 16.8. The van der Waals surface area contributed by atoms with Crippen molar-refractivity contribution in [3.63, 3.8) is 0 Å². The summed E-state index contributed by atoms with van der Waals surface area (Å²) >= 11 is 10.1. The summed E-state index contributed by atoms with van der Waals surface area (Å²) in [5.41, 5.74) is 0.147. The van der Waals surface area contributed by atoms with Gasteiger partial charge < -0.3 is 4.90 Å². The number of rotatable bonds is 3. The quantitative estimate of drug-likeness (QED) is 0.625. The molecule has 4 aliphatic rings. The Morgan fingerprint density at radius 1 is 1.33 bits per heavy atom. The van der Waals surface area contributed by atoms with Crippen LogP contribution < -0.4 is 0 Å². The minimum absolute atomic E-state index is 0.142. The highest BCUT2D eigenvalue weighted by Gasteiger charge is 2.60. The van der Waals surface area contributed by atoms with Crippen LogP contribution in [0.1, 0.15) is 44.1 Å². The van der Waals surface area contributed by atoms with Crippen LogP contribution in [0.5, 0.6) is 0 Å². The van der Waals surface area contributed by atoms with Gasteiger partial charge in [-0.25, -0.2) is 4.39 Å². The lowest BCUT2D eigenvalue weighted by molar-refractivity contribution is -0.154. The first-order chi connectivity index (χ1) is 11.3. The number of alkyl halides is 1. The van der Waals surface area contributed by atoms with Gasteiger partial charge >= 0.3 is 0 Å². The van der Waals surface area contributed by atoms with Crippen molar-refractivity contribution in [2.45, 2.75) is 49.4 Å². The van der Waals surface area contributed by atoms with Crippen LogP contribution in [0.4, 0.5) is 4.39 Å². The maximum Gasteiger partial charge on any atom is 0.228 e. The van der Waals surface area contributed by atoms with Gasteiger partial charge in [-0.05, 0) is 62.5 Å². The Morgan fingerprint density at radius 3 is 2.58 bits per heavy atom. The molecule has 5 rings (SSSR count). The largest absolute Gasteiger partial charge is 0.341 e. The van der Waals surface area contributed by atoms with Crippen molar-refractivity contribution < 1.29 is 9.18 Å². The smallest absolute Gasteiger partial charge is 0.228 e. The number of hydrogen-bond donors (Lipinski definition) is 0. The number of hydrogen-bond acceptors (Lipinski definition) is 1. The van der Waals surface area contributed by atoms with Crippen molar-refractivity contribution in [1.82, 2.24) is 4.90 Å². The molecule has 0 spiro atoms. The van der Waals surface area contributed by atoms with Gasteiger partial charge in [-0.1, -0.05) is 33.6 Å². The van der Waals surface area contributed by atoms with E-state index < -0.39 is 0 Å². The summed E-state index contributed by atoms with van der Waals surface area (Å²) in [4.78, 5) is 15.0. The lowest BCUT2D eigenvalue weighted by atomic mass is 9.49. The van der Waals surface area contributed by atoms with Gasteiger partial charge in [-0.2, -0.15) is 0 Å². The zero-order valence-corrected chi connectivity index (χ0v) is 16.2. The van der Waals surface area contributed by atoms with Gasteiger partial charge in [-0.3, -0.25) is 4.79 Å². The fraction of sp³-hybridized carbons (Fsp3) is 0.632. The molecule has 0 saturated heterocycles. The van der Waals surface area contributed by atoms with Crippen LogP contribution >= 0.6 is 27.5 Å². The van der Waals surface area contributed by atoms with Crippen molar-refractivity contribution in [1.29, 1.82) is 0 Å². The molecule has 4 saturated carbocycles. The molecule has 130 valence electrons. The maximum absolute atomic E-state index is 14.1. The molecule has 24 heavy (non-hydrogen) atoms. The second-order valence-electron chi connectivity index (χ2n) is 8.25. The third kappa shape index (κ3) is 2.70. The highest BCUT2D eigenvalue weighted by Crippen LogP contribution is 2.64. The number of carbonyl (C=O) groups excluding carboxylic acids is 1. The predicted octanol–water partition coefficient (Wildman–Crippen LogP) is 5.17. The molecule has 2 nitrogen and oxygen atoms in total. The SMILES string of the molecule is CN(Cc1c(F)cccc1Cl)C(=O)C12CC3CC(CC(Br)(C3)C1)C2. The summed E-state index contributed by atoms with van der Waals surface area (Å²) < 4.78 is 14.2. The summed E-state index contributed by atoms with van der Waals surface area (Å²) in [6.07, 6.45) is 6.56. The maximum atomic E-state index is 14.1. The van der Waals surface area contributed by atoms with Gasteiger partial charge in [0.25, 0.3) is 0 Å². The molecule has 0 radical (unpaired) electrons. The molecule has 4 fully saturated rings. The number of amides is 1. The predicted molar refractivity (Wildman–Crippen MR) is 96.7 cm³/mol. The second kappa shape index (κ2) is 5.70. The standard InChI is InChI=1S/C19H22BrClFNO/c1-23(10-14-15(21)3-2-4-16(14)22)17(24)18-6-12-5-13(7-18)9-19(20,8-12)11-18/h2-4,12-13H,5-11H2,1H3. The zero-order chi connectivity index (χ0) is 17.1. The van der Waals surface area contributed by atoms with E-state index in [1.54, 1.807) is 24.1 Å². The second-order valence-corrected chi connectivity index (χ2v) is 10.3. The molecular formula is C19H22BrClFNO. The van der Waals surface area contributed by atoms with E-state index >= 15 is 0 Å². The third-order valence-electron chi connectivity index (χ3n) is 6.25. The first-order valence-corrected chi connectivity index (χ1v) is 9.85. The van der Waals surface area contributed by atoms with Crippen LogP contribution in [0.3, 0.4) is 0 Å². The van der Waals surface area contributed by atoms with Gasteiger partial charge in [0, 0.05) is 28.5 Å². The minimum atomic E-state index is -0.343. The molecule has 0 aromatic heterocycles. The van der Waals surface area contributed by atoms with Crippen LogP contribution in [0.15, 0.2) is 18.2 Å². The number of nitrogens with zero attached hydrogens (tertiary/aromatic N) is 1. The third-order valence-corrected chi connectivity index (χ3v) is 7.53. The molecule has 4 bridgehead atoms. The summed E-state index contributed by atoms with van der Waals surface area (Å²) in [6, 6.07) is 4.67. The highest BCUT2D eigenvalue weighted by molar-refractivity contribution is 9.10. The minimum Gasteiger partial charge on any atom is -0.341 e. The van der Waals surface area contributed by atoms with E-state index in [0.29, 0.717) is 22.4 Å². The number of halogens is 3. The summed E-state index contributed by atoms with van der Waals surface area (Å²) in [5.74, 6) is 1.13. The van der Waals surface area contributed by atoms with Gasteiger partial charge in [0.05, 0.1) is 5.41 Å². The molecule has 2 atom stereocenters. The highest BCUT2D eigenvalue weighted by atomic mass is 79.9. The van der Waals surface area contributed by atoms with E-state index in [4.69, 9.17) is 11.6 Å². The van der Waals surface area contributed by atoms with Crippen molar-refractivity contribution in [3.05, 3.63) is 34.6 Å². The van der Waals surface area contributed by atoms with Crippen LogP contribution in [-0.4, -0.2) is 22.2 Å². The summed E-state index contributed by atoms with van der Waals surface area (Å²) in [6.45, 7) is 0.233. The Hall–Kier alpha value is -0.610. The Balaban J connectivity index is 1.57. The van der Waals surface area contributed by atoms with Crippen molar-refractivity contribution >= 4 is 33.4 Å². The summed E-state index contributed by atoms with van der Waals surface area (Å²) in [7, 11) is 1.78. The number of carbonyl (C=O) groups is 1. The van der Waals surface area contributed by atoms with Crippen molar-refractivity contribution in [2.75, 3.05) is 7.05 Å². The van der Waals surface area contributed by atoms with E-state index in [9.17, 15) is 9.18 Å². The molecular weight excluding hydrogens is 393 g/mol. The monoisotopic (exact) mass is 413 g/mol. The van der Waals surface area contributed by atoms with Crippen molar-refractivity contribution in [3.8, 4) is 0 Å². The van der Waals surface area contributed by atoms with E-state index in [1.807, 2.05) is 0 Å². The molecule has 0 N–H and O–H groups in total. The van der Waals surface area contributed by atoms with Crippen molar-refractivity contribution in [2.24, 2.45) is 17.3 Å².